The number of carbonyl (C=O) groups excluding carboxylic acids is 1. The summed E-state index contributed by atoms with van der Waals surface area (Å²) < 4.78 is 1.49. The van der Waals surface area contributed by atoms with Crippen LogP contribution in [0.2, 0.25) is 0 Å². The molecule has 1 saturated heterocycles. The number of aryl methyl sites for hydroxylation is 1. The third-order valence-corrected chi connectivity index (χ3v) is 5.97. The van der Waals surface area contributed by atoms with Gasteiger partial charge in [0.25, 0.3) is 0 Å². The topological polar surface area (TPSA) is 105 Å². The number of carbonyl (C=O) groups is 1. The van der Waals surface area contributed by atoms with Crippen LogP contribution in [-0.4, -0.2) is 56.6 Å². The molecule has 0 bridgehead atoms. The summed E-state index contributed by atoms with van der Waals surface area (Å²) in [6.45, 7) is 2.61. The fraction of sp³-hybridized carbons (Fsp3) is 0.474. The van der Waals surface area contributed by atoms with Crippen LogP contribution in [0.15, 0.2) is 36.4 Å². The minimum Gasteiger partial charge on any atom is -0.396 e. The minimum atomic E-state index is -0.648. The second kappa shape index (κ2) is 6.10. The molecule has 1 amide bonds. The first-order chi connectivity index (χ1) is 12.5. The molecule has 4 rings (SSSR count). The van der Waals surface area contributed by atoms with Crippen molar-refractivity contribution in [3.05, 3.63) is 47.7 Å². The summed E-state index contributed by atoms with van der Waals surface area (Å²) in [5.41, 5.74) is 7.28. The number of nitrogens with zero attached hydrogens (tertiary/aromatic N) is 3. The van der Waals surface area contributed by atoms with Crippen LogP contribution in [0.1, 0.15) is 17.2 Å². The predicted molar refractivity (Wildman–Crippen MR) is 96.2 cm³/mol. The zero-order chi connectivity index (χ0) is 18.5. The van der Waals surface area contributed by atoms with Gasteiger partial charge in [0.1, 0.15) is 12.4 Å². The number of β-amino-alcohol motifs (C(OH)–C–C–N with tert-alkyl or cyclic N) is 1. The largest absolute Gasteiger partial charge is 0.396 e. The Hall–Kier alpha value is -2.38. The summed E-state index contributed by atoms with van der Waals surface area (Å²) in [6.07, 6.45) is -0.648. The van der Waals surface area contributed by atoms with Crippen LogP contribution in [0.4, 0.5) is 5.82 Å². The SMILES string of the molecule is Cc1cc(N)n(CC(=O)N2C[C@@H](O)[C@@]3(C2)[C@H](CO)[C@H]3c2ccccc2)n1. The summed E-state index contributed by atoms with van der Waals surface area (Å²) in [5.74, 6) is 0.367. The maximum Gasteiger partial charge on any atom is 0.244 e. The van der Waals surface area contributed by atoms with Crippen molar-refractivity contribution in [2.75, 3.05) is 25.4 Å². The number of likely N-dealkylation sites (tertiary alicyclic amines) is 1. The molecule has 7 heteroatoms. The molecular formula is C19H24N4O3. The van der Waals surface area contributed by atoms with Crippen molar-refractivity contribution in [2.45, 2.75) is 25.5 Å². The number of anilines is 1. The molecule has 7 nitrogen and oxygen atoms in total. The molecule has 1 saturated carbocycles. The van der Waals surface area contributed by atoms with Crippen molar-refractivity contribution in [1.29, 1.82) is 0 Å². The molecule has 4 N–H and O–H groups in total. The second-order valence-electron chi connectivity index (χ2n) is 7.45. The highest BCUT2D eigenvalue weighted by Gasteiger charge is 2.71. The zero-order valence-corrected chi connectivity index (χ0v) is 14.7. The van der Waals surface area contributed by atoms with E-state index in [9.17, 15) is 15.0 Å². The summed E-state index contributed by atoms with van der Waals surface area (Å²) in [6, 6.07) is 11.6. The summed E-state index contributed by atoms with van der Waals surface area (Å²) >= 11 is 0. The predicted octanol–water partition coefficient (Wildman–Crippen LogP) is 0.369. The quantitative estimate of drug-likeness (QED) is 0.734. The lowest BCUT2D eigenvalue weighted by Crippen LogP contribution is -2.33. The fourth-order valence-corrected chi connectivity index (χ4v) is 4.68. The molecule has 2 fully saturated rings. The normalized spacial score (nSPS) is 30.1. The van der Waals surface area contributed by atoms with Crippen LogP contribution in [-0.2, 0) is 11.3 Å². The standard InChI is InChI=1S/C19H24N4O3/c1-12-7-16(20)23(21-12)9-17(26)22-8-15(25)19(11-22)14(10-24)18(19)13-5-3-2-4-6-13/h2-7,14-15,18,24-25H,8-11,20H2,1H3/t14-,15-,18-,19-/m1/s1. The lowest BCUT2D eigenvalue weighted by Gasteiger charge is -2.17. The summed E-state index contributed by atoms with van der Waals surface area (Å²) in [5, 5.41) is 24.8. The number of aliphatic hydroxyl groups is 2. The Labute approximate surface area is 152 Å². The fourth-order valence-electron chi connectivity index (χ4n) is 4.68. The molecule has 138 valence electrons. The lowest BCUT2D eigenvalue weighted by molar-refractivity contribution is -0.131. The van der Waals surface area contributed by atoms with Crippen molar-refractivity contribution in [3.8, 4) is 0 Å². The van der Waals surface area contributed by atoms with Crippen LogP contribution < -0.4 is 5.73 Å². The van der Waals surface area contributed by atoms with Gasteiger partial charge in [0.15, 0.2) is 0 Å². The summed E-state index contributed by atoms with van der Waals surface area (Å²) in [4.78, 5) is 14.4. The van der Waals surface area contributed by atoms with Crippen LogP contribution in [0, 0.1) is 18.3 Å². The number of hydrogen-bond donors (Lipinski definition) is 3. The maximum absolute atomic E-state index is 12.7. The first-order valence-electron chi connectivity index (χ1n) is 8.89. The number of rotatable bonds is 4. The Morgan fingerprint density at radius 1 is 1.38 bits per heavy atom. The van der Waals surface area contributed by atoms with Gasteiger partial charge in [0.05, 0.1) is 11.8 Å². The van der Waals surface area contributed by atoms with Gasteiger partial charge < -0.3 is 20.8 Å². The van der Waals surface area contributed by atoms with E-state index < -0.39 is 11.5 Å². The van der Waals surface area contributed by atoms with Crippen LogP contribution in [0.5, 0.6) is 0 Å². The number of benzene rings is 1. The number of hydrogen-bond acceptors (Lipinski definition) is 5. The molecule has 1 aliphatic carbocycles. The molecule has 0 unspecified atom stereocenters. The van der Waals surface area contributed by atoms with E-state index in [1.807, 2.05) is 37.3 Å². The second-order valence-corrected chi connectivity index (χ2v) is 7.45. The van der Waals surface area contributed by atoms with E-state index >= 15 is 0 Å². The summed E-state index contributed by atoms with van der Waals surface area (Å²) in [7, 11) is 0. The average Bonchev–Trinajstić information content (AvgIpc) is 2.99. The maximum atomic E-state index is 12.7. The van der Waals surface area contributed by atoms with Crippen molar-refractivity contribution in [3.63, 3.8) is 0 Å². The third kappa shape index (κ3) is 2.50. The van der Waals surface area contributed by atoms with E-state index in [2.05, 4.69) is 5.10 Å². The minimum absolute atomic E-state index is 0.00392. The van der Waals surface area contributed by atoms with E-state index in [1.165, 1.54) is 4.68 Å². The average molecular weight is 356 g/mol. The molecule has 2 aliphatic rings. The Kier molecular flexibility index (Phi) is 4.00. The van der Waals surface area contributed by atoms with Gasteiger partial charge in [0, 0.05) is 31.2 Å². The number of aliphatic hydroxyl groups excluding tert-OH is 2. The Bertz CT molecular complexity index is 821. The molecule has 26 heavy (non-hydrogen) atoms. The molecule has 2 heterocycles. The highest BCUT2D eigenvalue weighted by atomic mass is 16.3. The van der Waals surface area contributed by atoms with Crippen LogP contribution in [0.25, 0.3) is 0 Å². The number of nitrogen functional groups attached to an aromatic ring is 1. The highest BCUT2D eigenvalue weighted by Crippen LogP contribution is 2.68. The molecule has 4 atom stereocenters. The first-order valence-corrected chi connectivity index (χ1v) is 8.89. The van der Waals surface area contributed by atoms with E-state index in [4.69, 9.17) is 5.73 Å². The molecule has 0 radical (unpaired) electrons. The smallest absolute Gasteiger partial charge is 0.244 e. The molecule has 1 aromatic carbocycles. The number of aromatic nitrogens is 2. The van der Waals surface area contributed by atoms with Crippen molar-refractivity contribution in [2.24, 2.45) is 11.3 Å². The van der Waals surface area contributed by atoms with Crippen molar-refractivity contribution < 1.29 is 15.0 Å². The molecular weight excluding hydrogens is 332 g/mol. The van der Waals surface area contributed by atoms with Crippen molar-refractivity contribution >= 4 is 11.7 Å². The molecule has 1 spiro atoms. The van der Waals surface area contributed by atoms with Gasteiger partial charge in [-0.25, -0.2) is 4.68 Å². The third-order valence-electron chi connectivity index (χ3n) is 5.97. The number of amides is 1. The monoisotopic (exact) mass is 356 g/mol. The molecule has 1 aromatic heterocycles. The Morgan fingerprint density at radius 2 is 2.12 bits per heavy atom. The molecule has 1 aliphatic heterocycles. The van der Waals surface area contributed by atoms with E-state index in [0.717, 1.165) is 11.3 Å². The highest BCUT2D eigenvalue weighted by molar-refractivity contribution is 5.77. The van der Waals surface area contributed by atoms with Gasteiger partial charge in [0.2, 0.25) is 5.91 Å². The Morgan fingerprint density at radius 3 is 2.73 bits per heavy atom. The zero-order valence-electron chi connectivity index (χ0n) is 14.7. The Balaban J connectivity index is 1.52. The first kappa shape index (κ1) is 17.1. The van der Waals surface area contributed by atoms with Gasteiger partial charge in [-0.05, 0) is 24.3 Å². The number of nitrogens with two attached hydrogens (primary N) is 1. The van der Waals surface area contributed by atoms with E-state index in [-0.39, 0.29) is 37.4 Å². The van der Waals surface area contributed by atoms with Gasteiger partial charge in [-0.15, -0.1) is 0 Å². The van der Waals surface area contributed by atoms with Gasteiger partial charge in [-0.3, -0.25) is 4.79 Å². The van der Waals surface area contributed by atoms with Crippen molar-refractivity contribution in [1.82, 2.24) is 14.7 Å². The van der Waals surface area contributed by atoms with E-state index in [0.29, 0.717) is 12.4 Å². The van der Waals surface area contributed by atoms with Gasteiger partial charge >= 0.3 is 0 Å². The van der Waals surface area contributed by atoms with Crippen LogP contribution >= 0.6 is 0 Å². The van der Waals surface area contributed by atoms with E-state index in [1.54, 1.807) is 11.0 Å². The molecule has 2 aromatic rings. The van der Waals surface area contributed by atoms with Gasteiger partial charge in [-0.2, -0.15) is 5.10 Å². The van der Waals surface area contributed by atoms with Gasteiger partial charge in [-0.1, -0.05) is 30.3 Å². The van der Waals surface area contributed by atoms with Crippen LogP contribution in [0.3, 0.4) is 0 Å². The lowest BCUT2D eigenvalue weighted by atomic mass is 9.95.